The van der Waals surface area contributed by atoms with Crippen molar-refractivity contribution in [2.24, 2.45) is 5.73 Å². The molecule has 0 bridgehead atoms. The zero-order valence-electron chi connectivity index (χ0n) is 9.15. The van der Waals surface area contributed by atoms with E-state index < -0.39 is 0 Å². The van der Waals surface area contributed by atoms with Gasteiger partial charge in [-0.1, -0.05) is 58.4 Å². The monoisotopic (exact) mass is 275 g/mol. The number of rotatable bonds is 2. The Kier molecular flexibility index (Phi) is 3.42. The van der Waals surface area contributed by atoms with Gasteiger partial charge in [0.15, 0.2) is 0 Å². The van der Waals surface area contributed by atoms with Crippen molar-refractivity contribution in [1.82, 2.24) is 0 Å². The van der Waals surface area contributed by atoms with E-state index in [4.69, 9.17) is 5.73 Å². The molecule has 0 radical (unpaired) electrons. The van der Waals surface area contributed by atoms with Crippen molar-refractivity contribution in [1.29, 1.82) is 0 Å². The fourth-order valence-corrected chi connectivity index (χ4v) is 2.32. The van der Waals surface area contributed by atoms with E-state index in [0.717, 1.165) is 4.47 Å². The first kappa shape index (κ1) is 11.4. The maximum absolute atomic E-state index is 5.99. The highest BCUT2D eigenvalue weighted by Gasteiger charge is 2.09. The third-order valence-corrected chi connectivity index (χ3v) is 3.31. The third kappa shape index (κ3) is 2.18. The molecule has 1 unspecified atom stereocenters. The topological polar surface area (TPSA) is 26.0 Å². The van der Waals surface area contributed by atoms with Crippen LogP contribution in [0, 0.1) is 0 Å². The Morgan fingerprint density at radius 3 is 2.12 bits per heavy atom. The minimum absolute atomic E-state index is 0.0447. The summed E-state index contributed by atoms with van der Waals surface area (Å²) in [7, 11) is 0. The van der Waals surface area contributed by atoms with Gasteiger partial charge in [-0.15, -0.1) is 0 Å². The van der Waals surface area contributed by atoms with Crippen molar-refractivity contribution in [3.63, 3.8) is 0 Å². The predicted molar refractivity (Wildman–Crippen MR) is 72.2 cm³/mol. The summed E-state index contributed by atoms with van der Waals surface area (Å²) in [5, 5.41) is 0. The number of benzene rings is 2. The molecule has 0 spiro atoms. The van der Waals surface area contributed by atoms with E-state index in [1.54, 1.807) is 0 Å². The molecule has 0 amide bonds. The summed E-state index contributed by atoms with van der Waals surface area (Å²) in [6, 6.07) is 16.5. The Hall–Kier alpha value is -1.12. The van der Waals surface area contributed by atoms with Crippen LogP contribution in [0.25, 0.3) is 11.1 Å². The summed E-state index contributed by atoms with van der Waals surface area (Å²) < 4.78 is 1.10. The fourth-order valence-electron chi connectivity index (χ4n) is 1.82. The zero-order chi connectivity index (χ0) is 11.5. The van der Waals surface area contributed by atoms with Gasteiger partial charge in [0.2, 0.25) is 0 Å². The van der Waals surface area contributed by atoms with E-state index in [9.17, 15) is 0 Å². The van der Waals surface area contributed by atoms with E-state index in [1.165, 1.54) is 16.7 Å². The Morgan fingerprint density at radius 2 is 1.50 bits per heavy atom. The number of hydrogen-bond acceptors (Lipinski definition) is 1. The fraction of sp³-hybridized carbons (Fsp3) is 0.143. The van der Waals surface area contributed by atoms with Crippen LogP contribution in [0.3, 0.4) is 0 Å². The summed E-state index contributed by atoms with van der Waals surface area (Å²) >= 11 is 3.58. The normalized spacial score (nSPS) is 12.4. The Labute approximate surface area is 104 Å². The second-order valence-corrected chi connectivity index (χ2v) is 4.71. The second-order valence-electron chi connectivity index (χ2n) is 3.86. The molecule has 1 nitrogen and oxygen atoms in total. The summed E-state index contributed by atoms with van der Waals surface area (Å²) in [6.07, 6.45) is 0. The van der Waals surface area contributed by atoms with Crippen LogP contribution >= 0.6 is 15.9 Å². The largest absolute Gasteiger partial charge is 0.324 e. The zero-order valence-corrected chi connectivity index (χ0v) is 10.7. The van der Waals surface area contributed by atoms with Gasteiger partial charge in [-0.3, -0.25) is 0 Å². The molecule has 0 aromatic heterocycles. The van der Waals surface area contributed by atoms with Crippen LogP contribution in [0.15, 0.2) is 53.0 Å². The van der Waals surface area contributed by atoms with Crippen molar-refractivity contribution >= 4 is 15.9 Å². The van der Waals surface area contributed by atoms with Gasteiger partial charge in [-0.2, -0.15) is 0 Å². The van der Waals surface area contributed by atoms with Crippen LogP contribution < -0.4 is 5.73 Å². The predicted octanol–water partition coefficient (Wildman–Crippen LogP) is 4.14. The lowest BCUT2D eigenvalue weighted by molar-refractivity contribution is 0.820. The van der Waals surface area contributed by atoms with Gasteiger partial charge in [-0.05, 0) is 29.7 Å². The van der Waals surface area contributed by atoms with Crippen molar-refractivity contribution in [3.05, 3.63) is 58.6 Å². The molecule has 2 aromatic carbocycles. The summed E-state index contributed by atoms with van der Waals surface area (Å²) in [5.74, 6) is 0. The average Bonchev–Trinajstić information content (AvgIpc) is 2.29. The van der Waals surface area contributed by atoms with E-state index in [2.05, 4.69) is 34.1 Å². The van der Waals surface area contributed by atoms with Crippen molar-refractivity contribution in [3.8, 4) is 11.1 Å². The number of halogens is 1. The molecular weight excluding hydrogens is 262 g/mol. The lowest BCUT2D eigenvalue weighted by Crippen LogP contribution is -2.06. The molecular formula is C14H14BrN. The third-order valence-electron chi connectivity index (χ3n) is 2.62. The molecule has 0 aliphatic rings. The van der Waals surface area contributed by atoms with Gasteiger partial charge in [0, 0.05) is 10.5 Å². The van der Waals surface area contributed by atoms with Crippen LogP contribution in [-0.2, 0) is 0 Å². The summed E-state index contributed by atoms with van der Waals surface area (Å²) in [5.41, 5.74) is 9.55. The van der Waals surface area contributed by atoms with Crippen molar-refractivity contribution in [2.75, 3.05) is 0 Å². The quantitative estimate of drug-likeness (QED) is 0.876. The van der Waals surface area contributed by atoms with Crippen LogP contribution in [0.5, 0.6) is 0 Å². The Balaban J connectivity index is 2.60. The average molecular weight is 276 g/mol. The second kappa shape index (κ2) is 4.81. The minimum Gasteiger partial charge on any atom is -0.324 e. The number of nitrogens with two attached hydrogens (primary N) is 1. The molecule has 0 saturated carbocycles. The standard InChI is InChI=1S/C14H14BrN/c1-10(16)11-6-2-3-7-12(11)13-8-4-5-9-14(13)15/h2-10H,16H2,1H3. The molecule has 2 heteroatoms. The Bertz CT molecular complexity index is 492. The van der Waals surface area contributed by atoms with Crippen LogP contribution in [0.2, 0.25) is 0 Å². The van der Waals surface area contributed by atoms with Gasteiger partial charge in [0.1, 0.15) is 0 Å². The highest BCUT2D eigenvalue weighted by atomic mass is 79.9. The van der Waals surface area contributed by atoms with Crippen LogP contribution in [0.4, 0.5) is 0 Å². The Morgan fingerprint density at radius 1 is 0.938 bits per heavy atom. The minimum atomic E-state index is 0.0447. The highest BCUT2D eigenvalue weighted by molar-refractivity contribution is 9.10. The first-order valence-corrected chi connectivity index (χ1v) is 6.09. The van der Waals surface area contributed by atoms with Gasteiger partial charge >= 0.3 is 0 Å². The molecule has 1 atom stereocenters. The molecule has 2 rings (SSSR count). The lowest BCUT2D eigenvalue weighted by Gasteiger charge is -2.13. The number of hydrogen-bond donors (Lipinski definition) is 1. The maximum atomic E-state index is 5.99. The molecule has 16 heavy (non-hydrogen) atoms. The molecule has 0 aliphatic carbocycles. The van der Waals surface area contributed by atoms with E-state index >= 15 is 0 Å². The maximum Gasteiger partial charge on any atom is 0.0272 e. The molecule has 2 aromatic rings. The van der Waals surface area contributed by atoms with Gasteiger partial charge in [0.25, 0.3) is 0 Å². The smallest absolute Gasteiger partial charge is 0.0272 e. The first-order valence-electron chi connectivity index (χ1n) is 5.29. The summed E-state index contributed by atoms with van der Waals surface area (Å²) in [6.45, 7) is 2.01. The van der Waals surface area contributed by atoms with E-state index in [1.807, 2.05) is 37.3 Å². The first-order chi connectivity index (χ1) is 7.70. The molecule has 82 valence electrons. The molecule has 0 aliphatic heterocycles. The summed E-state index contributed by atoms with van der Waals surface area (Å²) in [4.78, 5) is 0. The van der Waals surface area contributed by atoms with Crippen molar-refractivity contribution in [2.45, 2.75) is 13.0 Å². The van der Waals surface area contributed by atoms with Gasteiger partial charge in [-0.25, -0.2) is 0 Å². The van der Waals surface area contributed by atoms with E-state index in [0.29, 0.717) is 0 Å². The SMILES string of the molecule is CC(N)c1ccccc1-c1ccccc1Br. The van der Waals surface area contributed by atoms with E-state index in [-0.39, 0.29) is 6.04 Å². The van der Waals surface area contributed by atoms with Crippen LogP contribution in [0.1, 0.15) is 18.5 Å². The lowest BCUT2D eigenvalue weighted by atomic mass is 9.96. The van der Waals surface area contributed by atoms with Crippen LogP contribution in [-0.4, -0.2) is 0 Å². The molecule has 2 N–H and O–H groups in total. The molecule has 0 heterocycles. The molecule has 0 fully saturated rings. The van der Waals surface area contributed by atoms with Crippen molar-refractivity contribution < 1.29 is 0 Å². The van der Waals surface area contributed by atoms with Gasteiger partial charge in [0.05, 0.1) is 0 Å². The highest BCUT2D eigenvalue weighted by Crippen LogP contribution is 2.32. The van der Waals surface area contributed by atoms with Gasteiger partial charge < -0.3 is 5.73 Å². The molecule has 0 saturated heterocycles.